The van der Waals surface area contributed by atoms with Gasteiger partial charge in [0, 0.05) is 6.54 Å². The Balaban J connectivity index is 1.52. The van der Waals surface area contributed by atoms with Crippen molar-refractivity contribution in [3.8, 4) is 11.5 Å². The number of benzene rings is 2. The molecule has 0 saturated heterocycles. The molecule has 5 nitrogen and oxygen atoms in total. The number of hydrogen-bond acceptors (Lipinski definition) is 3. The number of methoxy groups -OCH3 is 1. The number of halogens is 1. The number of carbonyl (C=O) groups is 1. The van der Waals surface area contributed by atoms with Gasteiger partial charge in [0.2, 0.25) is 0 Å². The third-order valence-electron chi connectivity index (χ3n) is 3.88. The molecule has 1 unspecified atom stereocenters. The van der Waals surface area contributed by atoms with Gasteiger partial charge in [-0.1, -0.05) is 12.1 Å². The first-order valence-corrected chi connectivity index (χ1v) is 7.72. The maximum Gasteiger partial charge on any atom is 0.315 e. The van der Waals surface area contributed by atoms with Crippen LogP contribution in [0.3, 0.4) is 0 Å². The third-order valence-corrected chi connectivity index (χ3v) is 3.88. The fourth-order valence-electron chi connectivity index (χ4n) is 2.61. The first-order valence-electron chi connectivity index (χ1n) is 7.72. The Kier molecular flexibility index (Phi) is 4.84. The Morgan fingerprint density at radius 1 is 1.29 bits per heavy atom. The van der Waals surface area contributed by atoms with Gasteiger partial charge in [-0.05, 0) is 47.9 Å². The topological polar surface area (TPSA) is 59.6 Å². The number of fused-ring (bicyclic) bond motifs is 1. The molecule has 6 heteroatoms. The standard InChI is InChI=1S/C18H19FN2O3/c1-23-16-6-7-17-13(9-16)8-15(11-24-17)21-18(22)20-10-12-2-4-14(19)5-3-12/h2-7,9,15H,8,10-11H2,1H3,(H2,20,21,22). The zero-order chi connectivity index (χ0) is 16.9. The SMILES string of the molecule is COc1ccc2c(c1)CC(NC(=O)NCc1ccc(F)cc1)CO2. The third kappa shape index (κ3) is 3.95. The van der Waals surface area contributed by atoms with Crippen LogP contribution in [0.1, 0.15) is 11.1 Å². The molecule has 1 aliphatic heterocycles. The van der Waals surface area contributed by atoms with Crippen LogP contribution in [-0.2, 0) is 13.0 Å². The Morgan fingerprint density at radius 3 is 2.83 bits per heavy atom. The van der Waals surface area contributed by atoms with Crippen molar-refractivity contribution in [1.29, 1.82) is 0 Å². The second-order valence-electron chi connectivity index (χ2n) is 5.64. The van der Waals surface area contributed by atoms with Gasteiger partial charge in [-0.15, -0.1) is 0 Å². The zero-order valence-electron chi connectivity index (χ0n) is 13.3. The first kappa shape index (κ1) is 16.1. The molecule has 1 atom stereocenters. The predicted octanol–water partition coefficient (Wildman–Crippen LogP) is 2.64. The van der Waals surface area contributed by atoms with Crippen LogP contribution in [0.4, 0.5) is 9.18 Å². The van der Waals surface area contributed by atoms with E-state index < -0.39 is 0 Å². The van der Waals surface area contributed by atoms with E-state index in [1.54, 1.807) is 19.2 Å². The van der Waals surface area contributed by atoms with Crippen LogP contribution in [0.15, 0.2) is 42.5 Å². The number of hydrogen-bond donors (Lipinski definition) is 2. The molecule has 3 rings (SSSR count). The summed E-state index contributed by atoms with van der Waals surface area (Å²) in [4.78, 5) is 12.0. The smallest absolute Gasteiger partial charge is 0.315 e. The van der Waals surface area contributed by atoms with Crippen molar-refractivity contribution in [2.45, 2.75) is 19.0 Å². The highest BCUT2D eigenvalue weighted by atomic mass is 19.1. The number of urea groups is 1. The maximum atomic E-state index is 12.8. The van der Waals surface area contributed by atoms with Gasteiger partial charge in [-0.25, -0.2) is 9.18 Å². The van der Waals surface area contributed by atoms with Crippen molar-refractivity contribution >= 4 is 6.03 Å². The van der Waals surface area contributed by atoms with Crippen molar-refractivity contribution < 1.29 is 18.7 Å². The Bertz CT molecular complexity index is 719. The minimum Gasteiger partial charge on any atom is -0.497 e. The van der Waals surface area contributed by atoms with Crippen LogP contribution in [0.25, 0.3) is 0 Å². The van der Waals surface area contributed by atoms with Crippen LogP contribution in [-0.4, -0.2) is 25.8 Å². The highest BCUT2D eigenvalue weighted by Crippen LogP contribution is 2.28. The number of nitrogens with one attached hydrogen (secondary N) is 2. The second kappa shape index (κ2) is 7.21. The lowest BCUT2D eigenvalue weighted by molar-refractivity contribution is 0.214. The molecule has 0 spiro atoms. The van der Waals surface area contributed by atoms with Crippen molar-refractivity contribution in [2.24, 2.45) is 0 Å². The van der Waals surface area contributed by atoms with E-state index in [4.69, 9.17) is 9.47 Å². The summed E-state index contributed by atoms with van der Waals surface area (Å²) in [6.07, 6.45) is 0.677. The molecule has 0 radical (unpaired) electrons. The molecule has 0 aliphatic carbocycles. The van der Waals surface area contributed by atoms with Gasteiger partial charge in [0.15, 0.2) is 0 Å². The predicted molar refractivity (Wildman–Crippen MR) is 87.8 cm³/mol. The van der Waals surface area contributed by atoms with Crippen molar-refractivity contribution in [2.75, 3.05) is 13.7 Å². The summed E-state index contributed by atoms with van der Waals surface area (Å²) in [6, 6.07) is 11.3. The van der Waals surface area contributed by atoms with Gasteiger partial charge in [0.05, 0.1) is 13.2 Å². The lowest BCUT2D eigenvalue weighted by atomic mass is 10.0. The monoisotopic (exact) mass is 330 g/mol. The number of carbonyl (C=O) groups excluding carboxylic acids is 1. The zero-order valence-corrected chi connectivity index (χ0v) is 13.3. The normalized spacial score (nSPS) is 15.8. The van der Waals surface area contributed by atoms with Crippen molar-refractivity contribution in [3.63, 3.8) is 0 Å². The van der Waals surface area contributed by atoms with Crippen LogP contribution < -0.4 is 20.1 Å². The molecule has 0 bridgehead atoms. The molecule has 0 saturated carbocycles. The molecule has 24 heavy (non-hydrogen) atoms. The Labute approximate surface area is 139 Å². The molecular formula is C18H19FN2O3. The molecule has 2 aromatic carbocycles. The van der Waals surface area contributed by atoms with Gasteiger partial charge in [0.1, 0.15) is 23.9 Å². The fourth-order valence-corrected chi connectivity index (χ4v) is 2.61. The van der Waals surface area contributed by atoms with Gasteiger partial charge in [0.25, 0.3) is 0 Å². The minimum absolute atomic E-state index is 0.113. The largest absolute Gasteiger partial charge is 0.497 e. The lowest BCUT2D eigenvalue weighted by Gasteiger charge is -2.26. The molecular weight excluding hydrogens is 311 g/mol. The average Bonchev–Trinajstić information content (AvgIpc) is 2.60. The fraction of sp³-hybridized carbons (Fsp3) is 0.278. The van der Waals surface area contributed by atoms with Crippen LogP contribution in [0.5, 0.6) is 11.5 Å². The molecule has 2 aromatic rings. The Morgan fingerprint density at radius 2 is 2.08 bits per heavy atom. The van der Waals surface area contributed by atoms with E-state index in [2.05, 4.69) is 10.6 Å². The summed E-state index contributed by atoms with van der Waals surface area (Å²) in [6.45, 7) is 0.757. The average molecular weight is 330 g/mol. The molecule has 0 fully saturated rings. The second-order valence-corrected chi connectivity index (χ2v) is 5.64. The van der Waals surface area contributed by atoms with Crippen LogP contribution >= 0.6 is 0 Å². The van der Waals surface area contributed by atoms with E-state index in [0.717, 1.165) is 22.6 Å². The molecule has 126 valence electrons. The van der Waals surface area contributed by atoms with Gasteiger partial charge in [-0.2, -0.15) is 0 Å². The molecule has 2 N–H and O–H groups in total. The first-order chi connectivity index (χ1) is 11.6. The van der Waals surface area contributed by atoms with Crippen molar-refractivity contribution in [1.82, 2.24) is 10.6 Å². The van der Waals surface area contributed by atoms with E-state index >= 15 is 0 Å². The van der Waals surface area contributed by atoms with Crippen LogP contribution in [0, 0.1) is 5.82 Å². The number of rotatable bonds is 4. The van der Waals surface area contributed by atoms with Gasteiger partial charge >= 0.3 is 6.03 Å². The summed E-state index contributed by atoms with van der Waals surface area (Å²) >= 11 is 0. The van der Waals surface area contributed by atoms with E-state index in [1.807, 2.05) is 18.2 Å². The lowest BCUT2D eigenvalue weighted by Crippen LogP contribution is -2.47. The molecule has 1 heterocycles. The molecule has 1 aliphatic rings. The van der Waals surface area contributed by atoms with E-state index in [1.165, 1.54) is 12.1 Å². The molecule has 0 aromatic heterocycles. The molecule has 2 amide bonds. The van der Waals surface area contributed by atoms with Crippen molar-refractivity contribution in [3.05, 3.63) is 59.4 Å². The summed E-state index contributed by atoms with van der Waals surface area (Å²) in [5.41, 5.74) is 1.84. The van der Waals surface area contributed by atoms with Crippen LogP contribution in [0.2, 0.25) is 0 Å². The quantitative estimate of drug-likeness (QED) is 0.906. The minimum atomic E-state index is -0.295. The van der Waals surface area contributed by atoms with Gasteiger partial charge in [-0.3, -0.25) is 0 Å². The van der Waals surface area contributed by atoms with E-state index in [9.17, 15) is 9.18 Å². The highest BCUT2D eigenvalue weighted by molar-refractivity contribution is 5.74. The van der Waals surface area contributed by atoms with Gasteiger partial charge < -0.3 is 20.1 Å². The summed E-state index contributed by atoms with van der Waals surface area (Å²) in [5, 5.41) is 5.65. The maximum absolute atomic E-state index is 12.8. The summed E-state index contributed by atoms with van der Waals surface area (Å²) < 4.78 is 23.7. The number of amides is 2. The Hall–Kier alpha value is -2.76. The highest BCUT2D eigenvalue weighted by Gasteiger charge is 2.21. The van der Waals surface area contributed by atoms with E-state index in [-0.39, 0.29) is 17.9 Å². The summed E-state index contributed by atoms with van der Waals surface area (Å²) in [7, 11) is 1.62. The van der Waals surface area contributed by atoms with E-state index in [0.29, 0.717) is 19.6 Å². The summed E-state index contributed by atoms with van der Waals surface area (Å²) in [5.74, 6) is 1.29. The number of ether oxygens (including phenoxy) is 2.